The Labute approximate surface area is 109 Å². The van der Waals surface area contributed by atoms with E-state index in [1.54, 1.807) is 29.4 Å². The Kier molecular flexibility index (Phi) is 3.81. The quantitative estimate of drug-likeness (QED) is 0.836. The van der Waals surface area contributed by atoms with E-state index in [2.05, 4.69) is 9.71 Å². The molecule has 0 aromatic carbocycles. The van der Waals surface area contributed by atoms with Gasteiger partial charge >= 0.3 is 0 Å². The van der Waals surface area contributed by atoms with Crippen LogP contribution in [-0.4, -0.2) is 23.1 Å². The van der Waals surface area contributed by atoms with Crippen LogP contribution < -0.4 is 4.72 Å². The summed E-state index contributed by atoms with van der Waals surface area (Å²) in [6.07, 6.45) is 3.36. The number of nitrogens with one attached hydrogen (secondary N) is 1. The molecule has 2 N–H and O–H groups in total. The first-order valence-electron chi connectivity index (χ1n) is 5.17. The van der Waals surface area contributed by atoms with Gasteiger partial charge in [0.1, 0.15) is 10.0 Å². The fraction of sp³-hybridized carbons (Fsp3) is 0.300. The molecule has 0 bridgehead atoms. The number of nitrogens with zero attached hydrogens (tertiary/aromatic N) is 2. The summed E-state index contributed by atoms with van der Waals surface area (Å²) >= 11 is 1.08. The number of hydrogen-bond donors (Lipinski definition) is 2. The molecule has 2 rings (SSSR count). The van der Waals surface area contributed by atoms with Crippen molar-refractivity contribution >= 4 is 21.4 Å². The molecule has 0 aliphatic heterocycles. The van der Waals surface area contributed by atoms with Gasteiger partial charge in [0, 0.05) is 19.4 Å². The minimum absolute atomic E-state index is 0.137. The molecule has 0 unspecified atom stereocenters. The summed E-state index contributed by atoms with van der Waals surface area (Å²) in [7, 11) is -1.74. The van der Waals surface area contributed by atoms with Crippen molar-refractivity contribution in [3.8, 4) is 0 Å². The molecule has 0 fully saturated rings. The first-order valence-corrected chi connectivity index (χ1v) is 7.53. The Bertz CT molecular complexity index is 630. The zero-order chi connectivity index (χ0) is 13.2. The standard InChI is InChI=1S/C10H13N3O3S2/c1-13-3-2-11-9(13)5-12-18(15,16)10-4-8(6-14)7-17-10/h2-4,7,12,14H,5-6H2,1H3. The van der Waals surface area contributed by atoms with Crippen LogP contribution in [0, 0.1) is 0 Å². The summed E-state index contributed by atoms with van der Waals surface area (Å²) in [4.78, 5) is 4.03. The van der Waals surface area contributed by atoms with E-state index in [0.717, 1.165) is 11.3 Å². The summed E-state index contributed by atoms with van der Waals surface area (Å²) < 4.78 is 28.3. The number of aromatic nitrogens is 2. The van der Waals surface area contributed by atoms with Gasteiger partial charge in [-0.05, 0) is 17.0 Å². The maximum Gasteiger partial charge on any atom is 0.250 e. The van der Waals surface area contributed by atoms with Crippen LogP contribution in [0.25, 0.3) is 0 Å². The topological polar surface area (TPSA) is 84.2 Å². The monoisotopic (exact) mass is 287 g/mol. The molecule has 18 heavy (non-hydrogen) atoms. The highest BCUT2D eigenvalue weighted by Crippen LogP contribution is 2.20. The Morgan fingerprint density at radius 3 is 2.89 bits per heavy atom. The third-order valence-electron chi connectivity index (χ3n) is 2.42. The van der Waals surface area contributed by atoms with Crippen LogP contribution in [-0.2, 0) is 30.2 Å². The largest absolute Gasteiger partial charge is 0.392 e. The molecule has 98 valence electrons. The van der Waals surface area contributed by atoms with Crippen molar-refractivity contribution in [1.82, 2.24) is 14.3 Å². The molecule has 0 saturated carbocycles. The molecule has 8 heteroatoms. The molecule has 2 aromatic heterocycles. The lowest BCUT2D eigenvalue weighted by atomic mass is 10.4. The lowest BCUT2D eigenvalue weighted by molar-refractivity contribution is 0.282. The Morgan fingerprint density at radius 1 is 1.56 bits per heavy atom. The summed E-state index contributed by atoms with van der Waals surface area (Å²) in [6.45, 7) is -0.0242. The van der Waals surface area contributed by atoms with E-state index in [1.807, 2.05) is 0 Å². The molecule has 6 nitrogen and oxygen atoms in total. The van der Waals surface area contributed by atoms with Crippen LogP contribution in [0.5, 0.6) is 0 Å². The van der Waals surface area contributed by atoms with Gasteiger partial charge in [0.25, 0.3) is 0 Å². The molecule has 0 atom stereocenters. The van der Waals surface area contributed by atoms with E-state index >= 15 is 0 Å². The van der Waals surface area contributed by atoms with E-state index in [-0.39, 0.29) is 17.4 Å². The highest BCUT2D eigenvalue weighted by Gasteiger charge is 2.17. The average molecular weight is 287 g/mol. The van der Waals surface area contributed by atoms with Crippen molar-refractivity contribution in [3.05, 3.63) is 35.2 Å². The van der Waals surface area contributed by atoms with Gasteiger partial charge in [0.05, 0.1) is 13.2 Å². The predicted octanol–water partition coefficient (Wildman–Crippen LogP) is 0.452. The average Bonchev–Trinajstić information content (AvgIpc) is 2.95. The fourth-order valence-corrected chi connectivity index (χ4v) is 3.60. The van der Waals surface area contributed by atoms with Gasteiger partial charge in [-0.15, -0.1) is 11.3 Å². The third-order valence-corrected chi connectivity index (χ3v) is 5.31. The van der Waals surface area contributed by atoms with Crippen LogP contribution in [0.3, 0.4) is 0 Å². The van der Waals surface area contributed by atoms with Gasteiger partial charge in [0.15, 0.2) is 0 Å². The van der Waals surface area contributed by atoms with Gasteiger partial charge in [0.2, 0.25) is 10.0 Å². The molecule has 0 aliphatic rings. The number of imidazole rings is 1. The minimum atomic E-state index is -3.54. The number of aryl methyl sites for hydroxylation is 1. The highest BCUT2D eigenvalue weighted by molar-refractivity contribution is 7.91. The van der Waals surface area contributed by atoms with Gasteiger partial charge in [-0.1, -0.05) is 0 Å². The fourth-order valence-electron chi connectivity index (χ4n) is 1.37. The number of aliphatic hydroxyl groups excluding tert-OH is 1. The van der Waals surface area contributed by atoms with Gasteiger partial charge < -0.3 is 9.67 Å². The van der Waals surface area contributed by atoms with Crippen molar-refractivity contribution in [2.45, 2.75) is 17.4 Å². The number of aliphatic hydroxyl groups is 1. The van der Waals surface area contributed by atoms with Crippen molar-refractivity contribution in [2.75, 3.05) is 0 Å². The smallest absolute Gasteiger partial charge is 0.250 e. The van der Waals surface area contributed by atoms with Crippen molar-refractivity contribution in [1.29, 1.82) is 0 Å². The zero-order valence-electron chi connectivity index (χ0n) is 9.70. The van der Waals surface area contributed by atoms with Gasteiger partial charge in [-0.3, -0.25) is 0 Å². The highest BCUT2D eigenvalue weighted by atomic mass is 32.2. The Morgan fingerprint density at radius 2 is 2.33 bits per heavy atom. The molecule has 0 amide bonds. The second-order valence-corrected chi connectivity index (χ2v) is 6.62. The van der Waals surface area contributed by atoms with E-state index < -0.39 is 10.0 Å². The molecule has 2 heterocycles. The lowest BCUT2D eigenvalue weighted by Crippen LogP contribution is -2.24. The molecule has 2 aromatic rings. The number of thiophene rings is 1. The first kappa shape index (κ1) is 13.2. The Hall–Kier alpha value is -1.22. The lowest BCUT2D eigenvalue weighted by Gasteiger charge is -2.04. The number of sulfonamides is 1. The molecule has 0 radical (unpaired) electrons. The number of hydrogen-bond acceptors (Lipinski definition) is 5. The van der Waals surface area contributed by atoms with Crippen molar-refractivity contribution in [2.24, 2.45) is 7.05 Å². The summed E-state index contributed by atoms with van der Waals surface area (Å²) in [5, 5.41) is 10.5. The number of rotatable bonds is 5. The molecular weight excluding hydrogens is 274 g/mol. The molecule has 0 saturated heterocycles. The first-order chi connectivity index (χ1) is 8.53. The zero-order valence-corrected chi connectivity index (χ0v) is 11.3. The normalized spacial score (nSPS) is 11.9. The van der Waals surface area contributed by atoms with Crippen LogP contribution in [0.4, 0.5) is 0 Å². The maximum atomic E-state index is 11.9. The molecule has 0 aliphatic carbocycles. The summed E-state index contributed by atoms with van der Waals surface area (Å²) in [5.74, 6) is 0.637. The van der Waals surface area contributed by atoms with E-state index in [1.165, 1.54) is 6.07 Å². The van der Waals surface area contributed by atoms with Crippen LogP contribution >= 0.6 is 11.3 Å². The van der Waals surface area contributed by atoms with Gasteiger partial charge in [-0.2, -0.15) is 0 Å². The second kappa shape index (κ2) is 5.19. The van der Waals surface area contributed by atoms with Crippen molar-refractivity contribution in [3.63, 3.8) is 0 Å². The van der Waals surface area contributed by atoms with E-state index in [4.69, 9.17) is 5.11 Å². The van der Waals surface area contributed by atoms with Gasteiger partial charge in [-0.25, -0.2) is 18.1 Å². The maximum absolute atomic E-state index is 11.9. The Balaban J connectivity index is 2.10. The van der Waals surface area contributed by atoms with E-state index in [0.29, 0.717) is 11.4 Å². The molecular formula is C10H13N3O3S2. The predicted molar refractivity (Wildman–Crippen MR) is 67.5 cm³/mol. The van der Waals surface area contributed by atoms with Crippen LogP contribution in [0.15, 0.2) is 28.0 Å². The minimum Gasteiger partial charge on any atom is -0.392 e. The summed E-state index contributed by atoms with van der Waals surface area (Å²) in [5.41, 5.74) is 0.595. The SMILES string of the molecule is Cn1ccnc1CNS(=O)(=O)c1cc(CO)cs1. The molecule has 0 spiro atoms. The van der Waals surface area contributed by atoms with Crippen molar-refractivity contribution < 1.29 is 13.5 Å². The third kappa shape index (κ3) is 2.78. The summed E-state index contributed by atoms with van der Waals surface area (Å²) in [6, 6.07) is 1.46. The van der Waals surface area contributed by atoms with Crippen LogP contribution in [0.1, 0.15) is 11.4 Å². The second-order valence-electron chi connectivity index (χ2n) is 3.71. The van der Waals surface area contributed by atoms with Crippen LogP contribution in [0.2, 0.25) is 0 Å². The van der Waals surface area contributed by atoms with E-state index in [9.17, 15) is 8.42 Å².